The van der Waals surface area contributed by atoms with E-state index < -0.39 is 0 Å². The average molecular weight is 288 g/mol. The second-order valence-corrected chi connectivity index (χ2v) is 5.19. The Kier molecular flexibility index (Phi) is 3.28. The molecule has 0 bridgehead atoms. The summed E-state index contributed by atoms with van der Waals surface area (Å²) in [6.07, 6.45) is 0. The first kappa shape index (κ1) is 12.9. The lowest BCUT2D eigenvalue weighted by molar-refractivity contribution is 0.775. The van der Waals surface area contributed by atoms with Crippen LogP contribution in [-0.4, -0.2) is 25.2 Å². The Hall–Kier alpha value is -2.14. The number of benzene rings is 1. The molecule has 6 heteroatoms. The zero-order chi connectivity index (χ0) is 14.1. The fourth-order valence-corrected chi connectivity index (χ4v) is 2.47. The summed E-state index contributed by atoms with van der Waals surface area (Å²) < 4.78 is 2.17. The van der Waals surface area contributed by atoms with Crippen LogP contribution < -0.4 is 0 Å². The molecule has 3 rings (SSSR count). The highest BCUT2D eigenvalue weighted by atomic mass is 35.5. The number of hydrogen-bond acceptors (Lipinski definition) is 3. The number of aromatic nitrogens is 5. The van der Waals surface area contributed by atoms with Gasteiger partial charge in [0.05, 0.1) is 5.69 Å². The molecule has 0 spiro atoms. The van der Waals surface area contributed by atoms with Gasteiger partial charge in [0.2, 0.25) is 5.82 Å². The number of aryl methyl sites for hydroxylation is 1. The summed E-state index contributed by atoms with van der Waals surface area (Å²) in [5.74, 6) is 0.600. The van der Waals surface area contributed by atoms with Crippen molar-refractivity contribution in [3.63, 3.8) is 0 Å². The molecule has 102 valence electrons. The zero-order valence-electron chi connectivity index (χ0n) is 11.3. The van der Waals surface area contributed by atoms with Crippen molar-refractivity contribution in [2.75, 3.05) is 0 Å². The van der Waals surface area contributed by atoms with E-state index in [-0.39, 0.29) is 0 Å². The average Bonchev–Trinajstić information content (AvgIpc) is 3.03. The summed E-state index contributed by atoms with van der Waals surface area (Å²) in [4.78, 5) is 0. The van der Waals surface area contributed by atoms with Gasteiger partial charge in [-0.3, -0.25) is 0 Å². The number of nitrogens with one attached hydrogen (secondary N) is 1. The minimum Gasteiger partial charge on any atom is -0.338 e. The van der Waals surface area contributed by atoms with Crippen LogP contribution in [0.3, 0.4) is 0 Å². The van der Waals surface area contributed by atoms with Crippen molar-refractivity contribution in [1.29, 1.82) is 0 Å². The van der Waals surface area contributed by atoms with E-state index in [1.54, 1.807) is 0 Å². The molecule has 0 radical (unpaired) electrons. The quantitative estimate of drug-likeness (QED) is 0.805. The van der Waals surface area contributed by atoms with E-state index in [4.69, 9.17) is 11.6 Å². The molecule has 0 aliphatic carbocycles. The monoisotopic (exact) mass is 287 g/mol. The molecule has 0 fully saturated rings. The SMILES string of the molecule is Cc1cc(-c2nn[nH]n2)n(Cc2cccc(Cl)c2)c1C. The molecule has 1 aromatic carbocycles. The molecule has 0 atom stereocenters. The van der Waals surface area contributed by atoms with Crippen molar-refractivity contribution in [3.05, 3.63) is 52.2 Å². The minimum atomic E-state index is 0.600. The molecule has 1 N–H and O–H groups in total. The first-order valence-electron chi connectivity index (χ1n) is 6.30. The van der Waals surface area contributed by atoms with E-state index in [1.807, 2.05) is 18.2 Å². The lowest BCUT2D eigenvalue weighted by atomic mass is 10.2. The maximum atomic E-state index is 6.05. The minimum absolute atomic E-state index is 0.600. The standard InChI is InChI=1S/C14H14ClN5/c1-9-6-13(14-16-18-19-17-14)20(10(9)2)8-11-4-3-5-12(15)7-11/h3-7H,8H2,1-2H3,(H,16,17,18,19). The van der Waals surface area contributed by atoms with Crippen LogP contribution in [0, 0.1) is 13.8 Å². The van der Waals surface area contributed by atoms with E-state index in [0.29, 0.717) is 5.82 Å². The highest BCUT2D eigenvalue weighted by Crippen LogP contribution is 2.24. The smallest absolute Gasteiger partial charge is 0.221 e. The van der Waals surface area contributed by atoms with Gasteiger partial charge in [-0.15, -0.1) is 10.2 Å². The Morgan fingerprint density at radius 2 is 2.10 bits per heavy atom. The fourth-order valence-electron chi connectivity index (χ4n) is 2.26. The van der Waals surface area contributed by atoms with Crippen LogP contribution in [0.5, 0.6) is 0 Å². The highest BCUT2D eigenvalue weighted by Gasteiger charge is 2.14. The molecular weight excluding hydrogens is 274 g/mol. The highest BCUT2D eigenvalue weighted by molar-refractivity contribution is 6.30. The van der Waals surface area contributed by atoms with E-state index in [1.165, 1.54) is 11.3 Å². The van der Waals surface area contributed by atoms with Gasteiger partial charge in [-0.05, 0) is 48.4 Å². The Balaban J connectivity index is 2.05. The van der Waals surface area contributed by atoms with Crippen LogP contribution in [0.2, 0.25) is 5.02 Å². The molecule has 2 heterocycles. The maximum absolute atomic E-state index is 6.05. The normalized spacial score (nSPS) is 10.9. The summed E-state index contributed by atoms with van der Waals surface area (Å²) >= 11 is 6.05. The van der Waals surface area contributed by atoms with Crippen LogP contribution >= 0.6 is 11.6 Å². The molecule has 0 aliphatic rings. The zero-order valence-corrected chi connectivity index (χ0v) is 12.0. The lowest BCUT2D eigenvalue weighted by Crippen LogP contribution is -2.04. The van der Waals surface area contributed by atoms with E-state index in [2.05, 4.69) is 51.2 Å². The molecule has 0 aliphatic heterocycles. The van der Waals surface area contributed by atoms with Crippen LogP contribution in [0.1, 0.15) is 16.8 Å². The Morgan fingerprint density at radius 3 is 2.80 bits per heavy atom. The second-order valence-electron chi connectivity index (χ2n) is 4.75. The number of hydrogen-bond donors (Lipinski definition) is 1. The number of H-pyrrole nitrogens is 1. The van der Waals surface area contributed by atoms with Gasteiger partial charge >= 0.3 is 0 Å². The van der Waals surface area contributed by atoms with Gasteiger partial charge in [-0.25, -0.2) is 0 Å². The van der Waals surface area contributed by atoms with Crippen molar-refractivity contribution in [1.82, 2.24) is 25.2 Å². The summed E-state index contributed by atoms with van der Waals surface area (Å²) in [7, 11) is 0. The van der Waals surface area contributed by atoms with Crippen LogP contribution in [0.4, 0.5) is 0 Å². The number of tetrazole rings is 1. The third-order valence-electron chi connectivity index (χ3n) is 3.42. The number of rotatable bonds is 3. The number of aromatic amines is 1. The van der Waals surface area contributed by atoms with E-state index in [0.717, 1.165) is 22.8 Å². The first-order chi connectivity index (χ1) is 9.65. The van der Waals surface area contributed by atoms with Gasteiger partial charge in [0.15, 0.2) is 0 Å². The van der Waals surface area contributed by atoms with Crippen LogP contribution in [0.25, 0.3) is 11.5 Å². The van der Waals surface area contributed by atoms with Gasteiger partial charge in [-0.1, -0.05) is 23.7 Å². The molecule has 20 heavy (non-hydrogen) atoms. The second kappa shape index (κ2) is 5.09. The first-order valence-corrected chi connectivity index (χ1v) is 6.68. The van der Waals surface area contributed by atoms with Gasteiger partial charge in [0.1, 0.15) is 0 Å². The van der Waals surface area contributed by atoms with Gasteiger partial charge in [0, 0.05) is 17.3 Å². The third kappa shape index (κ3) is 2.32. The van der Waals surface area contributed by atoms with Crippen molar-refractivity contribution in [3.8, 4) is 11.5 Å². The molecule has 5 nitrogen and oxygen atoms in total. The van der Waals surface area contributed by atoms with Gasteiger partial charge < -0.3 is 4.57 Å². The predicted molar refractivity (Wildman–Crippen MR) is 77.6 cm³/mol. The largest absolute Gasteiger partial charge is 0.338 e. The van der Waals surface area contributed by atoms with Crippen LogP contribution in [-0.2, 0) is 6.54 Å². The number of halogens is 1. The predicted octanol–water partition coefficient (Wildman–Crippen LogP) is 2.99. The van der Waals surface area contributed by atoms with Gasteiger partial charge in [0.25, 0.3) is 0 Å². The summed E-state index contributed by atoms with van der Waals surface area (Å²) in [5, 5.41) is 15.0. The molecule has 0 amide bonds. The lowest BCUT2D eigenvalue weighted by Gasteiger charge is -2.10. The Bertz CT molecular complexity index is 730. The molecule has 3 aromatic rings. The molecule has 0 unspecified atom stereocenters. The Morgan fingerprint density at radius 1 is 1.25 bits per heavy atom. The van der Waals surface area contributed by atoms with Crippen molar-refractivity contribution in [2.24, 2.45) is 0 Å². The summed E-state index contributed by atoms with van der Waals surface area (Å²) in [6, 6.07) is 9.93. The van der Waals surface area contributed by atoms with Crippen molar-refractivity contribution in [2.45, 2.75) is 20.4 Å². The Labute approximate surface area is 121 Å². The van der Waals surface area contributed by atoms with Crippen molar-refractivity contribution >= 4 is 11.6 Å². The summed E-state index contributed by atoms with van der Waals surface area (Å²) in [6.45, 7) is 4.89. The molecular formula is C14H14ClN5. The fraction of sp³-hybridized carbons (Fsp3) is 0.214. The topological polar surface area (TPSA) is 59.4 Å². The molecule has 0 saturated carbocycles. The maximum Gasteiger partial charge on any atom is 0.221 e. The van der Waals surface area contributed by atoms with Crippen LogP contribution in [0.15, 0.2) is 30.3 Å². The van der Waals surface area contributed by atoms with Crippen molar-refractivity contribution < 1.29 is 0 Å². The number of nitrogens with zero attached hydrogens (tertiary/aromatic N) is 4. The third-order valence-corrected chi connectivity index (χ3v) is 3.66. The summed E-state index contributed by atoms with van der Waals surface area (Å²) in [5.41, 5.74) is 4.48. The van der Waals surface area contributed by atoms with Gasteiger partial charge in [-0.2, -0.15) is 5.21 Å². The van der Waals surface area contributed by atoms with E-state index in [9.17, 15) is 0 Å². The molecule has 2 aromatic heterocycles. The molecule has 0 saturated heterocycles. The van der Waals surface area contributed by atoms with E-state index >= 15 is 0 Å².